The zero-order chi connectivity index (χ0) is 15.1. The number of hydrogen-bond acceptors (Lipinski definition) is 1. The third-order valence-electron chi connectivity index (χ3n) is 5.41. The van der Waals surface area contributed by atoms with Gasteiger partial charge in [0.1, 0.15) is 0 Å². The van der Waals surface area contributed by atoms with Crippen LogP contribution in [0.5, 0.6) is 0 Å². The molecule has 0 bridgehead atoms. The van der Waals surface area contributed by atoms with E-state index >= 15 is 0 Å². The van der Waals surface area contributed by atoms with Gasteiger partial charge in [-0.25, -0.2) is 0 Å². The van der Waals surface area contributed by atoms with Gasteiger partial charge in [0, 0.05) is 34.4 Å². The van der Waals surface area contributed by atoms with Gasteiger partial charge >= 0.3 is 0 Å². The molecule has 0 aliphatic heterocycles. The Morgan fingerprint density at radius 1 is 1.04 bits per heavy atom. The minimum Gasteiger partial charge on any atom is -0.341 e. The Morgan fingerprint density at radius 2 is 1.74 bits per heavy atom. The second-order valence-corrected chi connectivity index (χ2v) is 6.61. The molecule has 1 saturated carbocycles. The summed E-state index contributed by atoms with van der Waals surface area (Å²) in [6.45, 7) is 3.21. The molecule has 1 aliphatic rings. The van der Waals surface area contributed by atoms with Gasteiger partial charge in [0.05, 0.1) is 0 Å². The van der Waals surface area contributed by atoms with Crippen LogP contribution in [-0.4, -0.2) is 4.57 Å². The average molecular weight is 329 g/mol. The Kier molecular flexibility index (Phi) is 4.65. The van der Waals surface area contributed by atoms with Gasteiger partial charge in [0.15, 0.2) is 0 Å². The lowest BCUT2D eigenvalue weighted by Crippen LogP contribution is -2.18. The molecule has 0 unspecified atom stereocenters. The van der Waals surface area contributed by atoms with E-state index in [9.17, 15) is 0 Å². The highest BCUT2D eigenvalue weighted by Gasteiger charge is 2.23. The Hall–Kier alpha value is -1.51. The maximum absolute atomic E-state index is 6.57. The van der Waals surface area contributed by atoms with E-state index in [1.54, 1.807) is 0 Å². The highest BCUT2D eigenvalue weighted by Crippen LogP contribution is 2.36. The number of benzene rings is 2. The lowest BCUT2D eigenvalue weighted by molar-refractivity contribution is 0.445. The van der Waals surface area contributed by atoms with Crippen molar-refractivity contribution in [1.82, 2.24) is 4.57 Å². The maximum atomic E-state index is 6.57. The third kappa shape index (κ3) is 2.64. The number of nitrogens with zero attached hydrogens (tertiary/aromatic N) is 1. The second-order valence-electron chi connectivity index (χ2n) is 6.61. The molecule has 4 rings (SSSR count). The minimum absolute atomic E-state index is 0. The summed E-state index contributed by atoms with van der Waals surface area (Å²) in [6.07, 6.45) is 5.26. The number of halogens is 1. The summed E-state index contributed by atoms with van der Waals surface area (Å²) >= 11 is 0. The SMILES string of the molecule is CCn1c2ccccc2c2cc([C@H](N)C3CCCC3)ccc21.Cl. The van der Waals surface area contributed by atoms with Crippen molar-refractivity contribution in [2.75, 3.05) is 0 Å². The number of aryl methyl sites for hydroxylation is 1. The van der Waals surface area contributed by atoms with Crippen molar-refractivity contribution in [3.05, 3.63) is 48.0 Å². The van der Waals surface area contributed by atoms with Crippen LogP contribution in [0.15, 0.2) is 42.5 Å². The molecule has 122 valence electrons. The molecule has 2 N–H and O–H groups in total. The fourth-order valence-electron chi connectivity index (χ4n) is 4.21. The van der Waals surface area contributed by atoms with Gasteiger partial charge in [0.2, 0.25) is 0 Å². The first kappa shape index (κ1) is 16.4. The Balaban J connectivity index is 0.00000156. The van der Waals surface area contributed by atoms with Crippen LogP contribution < -0.4 is 5.73 Å². The van der Waals surface area contributed by atoms with Crippen LogP contribution in [0.4, 0.5) is 0 Å². The van der Waals surface area contributed by atoms with Crippen molar-refractivity contribution in [2.45, 2.75) is 45.2 Å². The van der Waals surface area contributed by atoms with Crippen LogP contribution in [0.25, 0.3) is 21.8 Å². The topological polar surface area (TPSA) is 30.9 Å². The normalized spacial score (nSPS) is 16.8. The van der Waals surface area contributed by atoms with Gasteiger partial charge in [-0.05, 0) is 49.4 Å². The molecule has 2 aromatic carbocycles. The van der Waals surface area contributed by atoms with E-state index in [1.807, 2.05) is 0 Å². The predicted octanol–water partition coefficient (Wildman–Crippen LogP) is 5.43. The highest BCUT2D eigenvalue weighted by molar-refractivity contribution is 6.08. The quantitative estimate of drug-likeness (QED) is 0.683. The van der Waals surface area contributed by atoms with Gasteiger partial charge in [-0.1, -0.05) is 37.1 Å². The zero-order valence-electron chi connectivity index (χ0n) is 13.7. The van der Waals surface area contributed by atoms with E-state index in [0.29, 0.717) is 5.92 Å². The summed E-state index contributed by atoms with van der Waals surface area (Å²) in [5, 5.41) is 2.70. The lowest BCUT2D eigenvalue weighted by Gasteiger charge is -2.19. The van der Waals surface area contributed by atoms with Crippen molar-refractivity contribution in [3.63, 3.8) is 0 Å². The van der Waals surface area contributed by atoms with Gasteiger partial charge in [-0.2, -0.15) is 0 Å². The second kappa shape index (κ2) is 6.54. The number of aromatic nitrogens is 1. The van der Waals surface area contributed by atoms with Crippen LogP contribution in [0, 0.1) is 5.92 Å². The third-order valence-corrected chi connectivity index (χ3v) is 5.41. The van der Waals surface area contributed by atoms with Gasteiger partial charge in [-0.3, -0.25) is 0 Å². The van der Waals surface area contributed by atoms with Crippen molar-refractivity contribution in [3.8, 4) is 0 Å². The molecule has 1 heterocycles. The molecule has 0 radical (unpaired) electrons. The molecule has 0 amide bonds. The standard InChI is InChI=1S/C20H24N2.ClH/c1-2-22-18-10-6-5-9-16(18)17-13-15(11-12-19(17)22)20(21)14-7-3-4-8-14;/h5-6,9-14,20H,2-4,7-8,21H2,1H3;1H/t20-;/m1./s1. The summed E-state index contributed by atoms with van der Waals surface area (Å²) in [6, 6.07) is 15.7. The zero-order valence-corrected chi connectivity index (χ0v) is 14.5. The Bertz CT molecular complexity index is 815. The number of rotatable bonds is 3. The van der Waals surface area contributed by atoms with E-state index in [4.69, 9.17) is 5.73 Å². The average Bonchev–Trinajstić information content (AvgIpc) is 3.20. The molecule has 23 heavy (non-hydrogen) atoms. The van der Waals surface area contributed by atoms with Crippen molar-refractivity contribution < 1.29 is 0 Å². The fourth-order valence-corrected chi connectivity index (χ4v) is 4.21. The van der Waals surface area contributed by atoms with Gasteiger partial charge in [-0.15, -0.1) is 12.4 Å². The largest absolute Gasteiger partial charge is 0.341 e. The number of hydrogen-bond donors (Lipinski definition) is 1. The molecule has 3 heteroatoms. The first-order chi connectivity index (χ1) is 10.8. The lowest BCUT2D eigenvalue weighted by atomic mass is 9.91. The van der Waals surface area contributed by atoms with Crippen LogP contribution >= 0.6 is 12.4 Å². The van der Waals surface area contributed by atoms with Gasteiger partial charge in [0.25, 0.3) is 0 Å². The fraction of sp³-hybridized carbons (Fsp3) is 0.400. The molecule has 2 nitrogen and oxygen atoms in total. The van der Waals surface area contributed by atoms with Crippen molar-refractivity contribution >= 4 is 34.2 Å². The first-order valence-corrected chi connectivity index (χ1v) is 8.56. The van der Waals surface area contributed by atoms with E-state index in [1.165, 1.54) is 53.1 Å². The van der Waals surface area contributed by atoms with Crippen molar-refractivity contribution in [1.29, 1.82) is 0 Å². The minimum atomic E-state index is 0. The maximum Gasteiger partial charge on any atom is 0.0491 e. The molecule has 0 spiro atoms. The Labute approximate surface area is 144 Å². The molecule has 1 aromatic heterocycles. The molecular weight excluding hydrogens is 304 g/mol. The van der Waals surface area contributed by atoms with E-state index in [2.05, 4.69) is 54.0 Å². The summed E-state index contributed by atoms with van der Waals surface area (Å²) in [7, 11) is 0. The molecule has 0 saturated heterocycles. The molecule has 1 fully saturated rings. The summed E-state index contributed by atoms with van der Waals surface area (Å²) in [4.78, 5) is 0. The van der Waals surface area contributed by atoms with Crippen LogP contribution in [-0.2, 0) is 6.54 Å². The highest BCUT2D eigenvalue weighted by atomic mass is 35.5. The molecular formula is C20H25ClN2. The van der Waals surface area contributed by atoms with Crippen LogP contribution in [0.3, 0.4) is 0 Å². The number of nitrogens with two attached hydrogens (primary N) is 1. The van der Waals surface area contributed by atoms with Crippen LogP contribution in [0.1, 0.15) is 44.2 Å². The summed E-state index contributed by atoms with van der Waals surface area (Å²) < 4.78 is 2.40. The smallest absolute Gasteiger partial charge is 0.0491 e. The summed E-state index contributed by atoms with van der Waals surface area (Å²) in [5.41, 5.74) is 10.5. The number of para-hydroxylation sites is 1. The van der Waals surface area contributed by atoms with E-state index in [0.717, 1.165) is 6.54 Å². The molecule has 3 aromatic rings. The molecule has 1 aliphatic carbocycles. The first-order valence-electron chi connectivity index (χ1n) is 8.56. The monoisotopic (exact) mass is 328 g/mol. The van der Waals surface area contributed by atoms with Crippen molar-refractivity contribution in [2.24, 2.45) is 11.7 Å². The van der Waals surface area contributed by atoms with Gasteiger partial charge < -0.3 is 10.3 Å². The van der Waals surface area contributed by atoms with E-state index < -0.39 is 0 Å². The van der Waals surface area contributed by atoms with Crippen LogP contribution in [0.2, 0.25) is 0 Å². The van der Waals surface area contributed by atoms with E-state index in [-0.39, 0.29) is 18.4 Å². The number of fused-ring (bicyclic) bond motifs is 3. The predicted molar refractivity (Wildman–Crippen MR) is 101 cm³/mol. The summed E-state index contributed by atoms with van der Waals surface area (Å²) in [5.74, 6) is 0.664. The Morgan fingerprint density at radius 3 is 2.48 bits per heavy atom. The molecule has 1 atom stereocenters.